The Morgan fingerprint density at radius 3 is 2.80 bits per heavy atom. The SMILES string of the molecule is Brc1cc(CNc2ccccc2I)cs1. The molecule has 0 amide bonds. The third kappa shape index (κ3) is 3.19. The largest absolute Gasteiger partial charge is 0.380 e. The lowest BCUT2D eigenvalue weighted by molar-refractivity contribution is 1.16. The molecule has 0 aliphatic heterocycles. The lowest BCUT2D eigenvalue weighted by atomic mass is 10.3. The second-order valence-electron chi connectivity index (χ2n) is 3.09. The number of para-hydroxylation sites is 1. The minimum Gasteiger partial charge on any atom is -0.380 e. The van der Waals surface area contributed by atoms with Crippen molar-refractivity contribution in [1.82, 2.24) is 0 Å². The summed E-state index contributed by atoms with van der Waals surface area (Å²) in [5.41, 5.74) is 2.51. The Bertz CT molecular complexity index is 455. The highest BCUT2D eigenvalue weighted by Gasteiger charge is 1.99. The Hall–Kier alpha value is -0.0700. The lowest BCUT2D eigenvalue weighted by Gasteiger charge is -2.06. The molecule has 2 aromatic rings. The van der Waals surface area contributed by atoms with Gasteiger partial charge in [-0.05, 0) is 67.7 Å². The highest BCUT2D eigenvalue weighted by Crippen LogP contribution is 2.22. The lowest BCUT2D eigenvalue weighted by Crippen LogP contribution is -1.99. The Morgan fingerprint density at radius 1 is 1.33 bits per heavy atom. The number of halogens is 2. The summed E-state index contributed by atoms with van der Waals surface area (Å²) in [7, 11) is 0. The fourth-order valence-electron chi connectivity index (χ4n) is 1.24. The van der Waals surface area contributed by atoms with Gasteiger partial charge in [-0.2, -0.15) is 0 Å². The highest BCUT2D eigenvalue weighted by molar-refractivity contribution is 14.1. The Morgan fingerprint density at radius 2 is 2.13 bits per heavy atom. The van der Waals surface area contributed by atoms with E-state index in [9.17, 15) is 0 Å². The number of rotatable bonds is 3. The fraction of sp³-hybridized carbons (Fsp3) is 0.0909. The summed E-state index contributed by atoms with van der Waals surface area (Å²) in [6, 6.07) is 10.4. The molecule has 1 N–H and O–H groups in total. The van der Waals surface area contributed by atoms with Crippen molar-refractivity contribution in [2.75, 3.05) is 5.32 Å². The van der Waals surface area contributed by atoms with Crippen LogP contribution in [0.2, 0.25) is 0 Å². The van der Waals surface area contributed by atoms with Crippen LogP contribution in [0.4, 0.5) is 5.69 Å². The summed E-state index contributed by atoms with van der Waals surface area (Å²) in [5, 5.41) is 5.58. The number of benzene rings is 1. The van der Waals surface area contributed by atoms with Gasteiger partial charge in [0.25, 0.3) is 0 Å². The molecular formula is C11H9BrINS. The predicted octanol–water partition coefficient (Wildman–Crippen LogP) is 4.73. The molecule has 1 aromatic heterocycles. The van der Waals surface area contributed by atoms with Gasteiger partial charge in [-0.25, -0.2) is 0 Å². The molecule has 0 spiro atoms. The first-order valence-corrected chi connectivity index (χ1v) is 7.22. The molecule has 1 nitrogen and oxygen atoms in total. The summed E-state index contributed by atoms with van der Waals surface area (Å²) in [4.78, 5) is 0. The van der Waals surface area contributed by atoms with Crippen molar-refractivity contribution in [2.24, 2.45) is 0 Å². The van der Waals surface area contributed by atoms with Crippen LogP contribution in [0.5, 0.6) is 0 Å². The molecule has 2 rings (SSSR count). The van der Waals surface area contributed by atoms with Crippen molar-refractivity contribution in [3.05, 3.63) is 48.6 Å². The summed E-state index contributed by atoms with van der Waals surface area (Å²) in [5.74, 6) is 0. The van der Waals surface area contributed by atoms with E-state index in [1.165, 1.54) is 18.6 Å². The van der Waals surface area contributed by atoms with Crippen molar-refractivity contribution in [3.8, 4) is 0 Å². The predicted molar refractivity (Wildman–Crippen MR) is 78.5 cm³/mol. The summed E-state index contributed by atoms with van der Waals surface area (Å²) in [6.07, 6.45) is 0. The second kappa shape index (κ2) is 5.32. The van der Waals surface area contributed by atoms with E-state index >= 15 is 0 Å². The maximum Gasteiger partial charge on any atom is 0.0701 e. The van der Waals surface area contributed by atoms with Crippen molar-refractivity contribution in [1.29, 1.82) is 0 Å². The molecule has 0 saturated carbocycles. The van der Waals surface area contributed by atoms with Crippen molar-refractivity contribution in [3.63, 3.8) is 0 Å². The van der Waals surface area contributed by atoms with E-state index in [4.69, 9.17) is 0 Å². The molecule has 0 saturated heterocycles. The van der Waals surface area contributed by atoms with Gasteiger partial charge >= 0.3 is 0 Å². The quantitative estimate of drug-likeness (QED) is 0.743. The number of thiophene rings is 1. The van der Waals surface area contributed by atoms with E-state index in [1.54, 1.807) is 11.3 Å². The normalized spacial score (nSPS) is 10.3. The smallest absolute Gasteiger partial charge is 0.0701 e. The standard InChI is InChI=1S/C11H9BrINS/c12-11-5-8(7-15-11)6-14-10-4-2-1-3-9(10)13/h1-5,7,14H,6H2. The molecule has 0 aliphatic carbocycles. The molecule has 15 heavy (non-hydrogen) atoms. The van der Waals surface area contributed by atoms with Gasteiger partial charge in [0.15, 0.2) is 0 Å². The minimum absolute atomic E-state index is 0.877. The average molecular weight is 394 g/mol. The van der Waals surface area contributed by atoms with Crippen LogP contribution < -0.4 is 5.32 Å². The maximum absolute atomic E-state index is 3.46. The van der Waals surface area contributed by atoms with Gasteiger partial charge in [0.2, 0.25) is 0 Å². The van der Waals surface area contributed by atoms with Crippen molar-refractivity contribution in [2.45, 2.75) is 6.54 Å². The third-order valence-electron chi connectivity index (χ3n) is 1.98. The first-order valence-electron chi connectivity index (χ1n) is 4.47. The summed E-state index contributed by atoms with van der Waals surface area (Å²) >= 11 is 7.52. The Labute approximate surface area is 115 Å². The van der Waals surface area contributed by atoms with Gasteiger partial charge in [0, 0.05) is 15.8 Å². The summed E-state index contributed by atoms with van der Waals surface area (Å²) in [6.45, 7) is 0.877. The molecule has 1 aromatic carbocycles. The van der Waals surface area contributed by atoms with Crippen LogP contribution in [0.15, 0.2) is 39.5 Å². The van der Waals surface area contributed by atoms with Crippen LogP contribution in [0.1, 0.15) is 5.56 Å². The van der Waals surface area contributed by atoms with E-state index < -0.39 is 0 Å². The van der Waals surface area contributed by atoms with Crippen LogP contribution in [0.25, 0.3) is 0 Å². The summed E-state index contributed by atoms with van der Waals surface area (Å²) < 4.78 is 2.44. The van der Waals surface area contributed by atoms with E-state index in [2.05, 4.69) is 67.4 Å². The van der Waals surface area contributed by atoms with Crippen LogP contribution in [0, 0.1) is 3.57 Å². The van der Waals surface area contributed by atoms with Gasteiger partial charge in [-0.15, -0.1) is 11.3 Å². The number of nitrogens with one attached hydrogen (secondary N) is 1. The first-order chi connectivity index (χ1) is 7.25. The monoisotopic (exact) mass is 393 g/mol. The molecule has 0 fully saturated rings. The topological polar surface area (TPSA) is 12.0 Å². The maximum atomic E-state index is 3.46. The van der Waals surface area contributed by atoms with E-state index in [-0.39, 0.29) is 0 Å². The molecule has 78 valence electrons. The molecule has 4 heteroatoms. The van der Waals surface area contributed by atoms with E-state index in [0.29, 0.717) is 0 Å². The Kier molecular flexibility index (Phi) is 4.05. The fourth-order valence-corrected chi connectivity index (χ4v) is 3.03. The van der Waals surface area contributed by atoms with Gasteiger partial charge in [-0.3, -0.25) is 0 Å². The van der Waals surface area contributed by atoms with Crippen molar-refractivity contribution >= 4 is 55.5 Å². The zero-order valence-electron chi connectivity index (χ0n) is 7.84. The molecule has 1 heterocycles. The third-order valence-corrected chi connectivity index (χ3v) is 4.47. The average Bonchev–Trinajstić information content (AvgIpc) is 2.63. The zero-order valence-corrected chi connectivity index (χ0v) is 12.4. The highest BCUT2D eigenvalue weighted by atomic mass is 127. The number of hydrogen-bond donors (Lipinski definition) is 1. The molecular weight excluding hydrogens is 385 g/mol. The van der Waals surface area contributed by atoms with Crippen molar-refractivity contribution < 1.29 is 0 Å². The van der Waals surface area contributed by atoms with Gasteiger partial charge in [0.1, 0.15) is 0 Å². The van der Waals surface area contributed by atoms with Crippen LogP contribution in [-0.4, -0.2) is 0 Å². The van der Waals surface area contributed by atoms with Crippen LogP contribution in [0.3, 0.4) is 0 Å². The minimum atomic E-state index is 0.877. The van der Waals surface area contributed by atoms with E-state index in [1.807, 2.05) is 12.1 Å². The van der Waals surface area contributed by atoms with Gasteiger partial charge in [-0.1, -0.05) is 12.1 Å². The first kappa shape index (κ1) is 11.4. The molecule has 0 radical (unpaired) electrons. The number of hydrogen-bond acceptors (Lipinski definition) is 2. The van der Waals surface area contributed by atoms with E-state index in [0.717, 1.165) is 6.54 Å². The van der Waals surface area contributed by atoms with Gasteiger partial charge < -0.3 is 5.32 Å². The number of anilines is 1. The van der Waals surface area contributed by atoms with Crippen LogP contribution >= 0.6 is 49.9 Å². The molecule has 0 aliphatic rings. The molecule has 0 atom stereocenters. The van der Waals surface area contributed by atoms with Gasteiger partial charge in [0.05, 0.1) is 3.79 Å². The molecule has 0 unspecified atom stereocenters. The van der Waals surface area contributed by atoms with Crippen LogP contribution in [-0.2, 0) is 6.54 Å². The Balaban J connectivity index is 2.02. The second-order valence-corrected chi connectivity index (χ2v) is 6.55. The zero-order chi connectivity index (χ0) is 10.7. The molecule has 0 bridgehead atoms.